The molecule has 4 atom stereocenters. The highest BCUT2D eigenvalue weighted by atomic mass is 15.2. The summed E-state index contributed by atoms with van der Waals surface area (Å²) in [4.78, 5) is 5.50. The Labute approximate surface area is 144 Å². The monoisotopic (exact) mass is 326 g/mol. The van der Waals surface area contributed by atoms with Gasteiger partial charge in [-0.1, -0.05) is 0 Å². The van der Waals surface area contributed by atoms with Crippen molar-refractivity contribution in [1.82, 2.24) is 9.80 Å². The van der Waals surface area contributed by atoms with Gasteiger partial charge in [-0.3, -0.25) is 9.80 Å². The molecular formula is C19H42N4+2. The van der Waals surface area contributed by atoms with Gasteiger partial charge in [0.15, 0.2) is 0 Å². The summed E-state index contributed by atoms with van der Waals surface area (Å²) in [5.74, 6) is 0. The fourth-order valence-electron chi connectivity index (χ4n) is 4.85. The van der Waals surface area contributed by atoms with Crippen LogP contribution in [0.25, 0.3) is 0 Å². The Kier molecular flexibility index (Phi) is 6.51. The Morgan fingerprint density at radius 2 is 1.61 bits per heavy atom. The van der Waals surface area contributed by atoms with Gasteiger partial charge < -0.3 is 10.6 Å². The molecule has 0 saturated carbocycles. The first-order valence-electron chi connectivity index (χ1n) is 9.86. The number of nitrogens with two attached hydrogens (primary N) is 2. The molecule has 4 nitrogen and oxygen atoms in total. The Morgan fingerprint density at radius 1 is 0.870 bits per heavy atom. The number of hydrogen-bond donors (Lipinski definition) is 2. The third kappa shape index (κ3) is 5.70. The number of quaternary nitrogens is 2. The topological polar surface area (TPSA) is 39.7 Å². The summed E-state index contributed by atoms with van der Waals surface area (Å²) < 4.78 is 0. The lowest BCUT2D eigenvalue weighted by Gasteiger charge is -2.45. The minimum absolute atomic E-state index is 0.322. The van der Waals surface area contributed by atoms with Gasteiger partial charge in [-0.2, -0.15) is 0 Å². The third-order valence-corrected chi connectivity index (χ3v) is 6.08. The van der Waals surface area contributed by atoms with E-state index in [4.69, 9.17) is 0 Å². The van der Waals surface area contributed by atoms with Crippen LogP contribution in [0.4, 0.5) is 0 Å². The molecule has 2 unspecified atom stereocenters. The molecular weight excluding hydrogens is 284 g/mol. The molecule has 0 aromatic heterocycles. The minimum Gasteiger partial charge on any atom is -0.343 e. The maximum Gasteiger partial charge on any atom is 0.0961 e. The fraction of sp³-hybridized carbons (Fsp3) is 1.00. The molecule has 23 heavy (non-hydrogen) atoms. The zero-order valence-electron chi connectivity index (χ0n) is 16.6. The van der Waals surface area contributed by atoms with Crippen LogP contribution in [-0.2, 0) is 0 Å². The van der Waals surface area contributed by atoms with Crippen LogP contribution in [0.5, 0.6) is 0 Å². The zero-order valence-corrected chi connectivity index (χ0v) is 16.6. The first-order valence-corrected chi connectivity index (χ1v) is 9.86. The first kappa shape index (κ1) is 19.2. The highest BCUT2D eigenvalue weighted by Crippen LogP contribution is 2.25. The van der Waals surface area contributed by atoms with E-state index in [1.165, 1.54) is 58.5 Å². The van der Waals surface area contributed by atoms with Crippen LogP contribution in [0.15, 0.2) is 0 Å². The van der Waals surface area contributed by atoms with Crippen molar-refractivity contribution in [2.75, 3.05) is 39.3 Å². The summed E-state index contributed by atoms with van der Waals surface area (Å²) in [6.45, 7) is 22.0. The van der Waals surface area contributed by atoms with Crippen molar-refractivity contribution in [2.45, 2.75) is 84.0 Å². The summed E-state index contributed by atoms with van der Waals surface area (Å²) in [6, 6.07) is 1.40. The van der Waals surface area contributed by atoms with Crippen molar-refractivity contribution in [1.29, 1.82) is 0 Å². The second-order valence-corrected chi connectivity index (χ2v) is 9.43. The maximum absolute atomic E-state index is 2.76. The zero-order chi connectivity index (χ0) is 17.1. The molecule has 0 spiro atoms. The lowest BCUT2D eigenvalue weighted by molar-refractivity contribution is -0.740. The normalized spacial score (nSPS) is 39.4. The van der Waals surface area contributed by atoms with Gasteiger partial charge in [0.25, 0.3) is 0 Å². The van der Waals surface area contributed by atoms with Crippen LogP contribution < -0.4 is 10.6 Å². The summed E-state index contributed by atoms with van der Waals surface area (Å²) >= 11 is 0. The Bertz CT molecular complexity index is 366. The van der Waals surface area contributed by atoms with E-state index in [-0.39, 0.29) is 0 Å². The van der Waals surface area contributed by atoms with Crippen molar-refractivity contribution in [3.63, 3.8) is 0 Å². The van der Waals surface area contributed by atoms with Crippen molar-refractivity contribution < 1.29 is 10.6 Å². The van der Waals surface area contributed by atoms with Crippen molar-refractivity contribution in [2.24, 2.45) is 0 Å². The molecule has 3 saturated heterocycles. The summed E-state index contributed by atoms with van der Waals surface area (Å²) in [7, 11) is 0. The molecule has 2 bridgehead atoms. The van der Waals surface area contributed by atoms with Gasteiger partial charge in [-0.25, -0.2) is 0 Å². The van der Waals surface area contributed by atoms with E-state index < -0.39 is 0 Å². The van der Waals surface area contributed by atoms with Crippen molar-refractivity contribution >= 4 is 0 Å². The molecule has 3 heterocycles. The van der Waals surface area contributed by atoms with Gasteiger partial charge in [0.1, 0.15) is 0 Å². The molecule has 4 heteroatoms. The summed E-state index contributed by atoms with van der Waals surface area (Å²) in [6.07, 6.45) is 3.88. The predicted octanol–water partition coefficient (Wildman–Crippen LogP) is 0.249. The van der Waals surface area contributed by atoms with Gasteiger partial charge in [0, 0.05) is 31.2 Å². The quantitative estimate of drug-likeness (QED) is 0.670. The van der Waals surface area contributed by atoms with Crippen LogP contribution in [-0.4, -0.2) is 72.2 Å². The van der Waals surface area contributed by atoms with Crippen LogP contribution >= 0.6 is 0 Å². The average molecular weight is 327 g/mol. The minimum atomic E-state index is 0.322. The molecule has 0 aliphatic carbocycles. The van der Waals surface area contributed by atoms with Gasteiger partial charge >= 0.3 is 0 Å². The molecule has 3 fully saturated rings. The lowest BCUT2D eigenvalue weighted by atomic mass is 9.91. The van der Waals surface area contributed by atoms with Crippen LogP contribution in [0.2, 0.25) is 0 Å². The van der Waals surface area contributed by atoms with E-state index in [0.29, 0.717) is 23.2 Å². The second kappa shape index (κ2) is 7.81. The lowest BCUT2D eigenvalue weighted by Crippen LogP contribution is -2.99. The standard InChI is InChI=1S/C19H40N4/c1-16-14-18(3,4)21-9-12-22-10-7-11-23(13-8-20-16)19(5,6)15-17(22)2/h16-17,20-21H,7-15H2,1-6H3/p+2/t16-,17-/m1/s1. The maximum atomic E-state index is 2.76. The van der Waals surface area contributed by atoms with E-state index in [9.17, 15) is 0 Å². The number of hydrogen-bond acceptors (Lipinski definition) is 2. The summed E-state index contributed by atoms with van der Waals surface area (Å²) in [5.41, 5.74) is 0.681. The Morgan fingerprint density at radius 3 is 2.35 bits per heavy atom. The molecule has 0 aromatic rings. The van der Waals surface area contributed by atoms with E-state index in [0.717, 1.165) is 0 Å². The predicted molar refractivity (Wildman–Crippen MR) is 97.7 cm³/mol. The molecule has 136 valence electrons. The molecule has 0 aromatic carbocycles. The highest BCUT2D eigenvalue weighted by molar-refractivity contribution is 4.88. The molecule has 4 N–H and O–H groups in total. The smallest absolute Gasteiger partial charge is 0.0961 e. The van der Waals surface area contributed by atoms with Gasteiger partial charge in [0.05, 0.1) is 31.1 Å². The van der Waals surface area contributed by atoms with Gasteiger partial charge in [-0.05, 0) is 60.9 Å². The SMILES string of the molecule is C[C@@H]1CC(C)(C)[NH2+]CCN2CCCN(CC[NH2+]1)C(C)(C)C[C@H]2C. The third-order valence-electron chi connectivity index (χ3n) is 6.08. The molecule has 3 aliphatic heterocycles. The number of rotatable bonds is 0. The first-order chi connectivity index (χ1) is 10.7. The van der Waals surface area contributed by atoms with E-state index in [2.05, 4.69) is 62.0 Å². The molecule has 0 amide bonds. The largest absolute Gasteiger partial charge is 0.343 e. The second-order valence-electron chi connectivity index (χ2n) is 9.43. The molecule has 0 radical (unpaired) electrons. The van der Waals surface area contributed by atoms with Crippen molar-refractivity contribution in [3.05, 3.63) is 0 Å². The van der Waals surface area contributed by atoms with E-state index in [1.807, 2.05) is 0 Å². The Hall–Kier alpha value is -0.160. The fourth-order valence-corrected chi connectivity index (χ4v) is 4.85. The average Bonchev–Trinajstić information content (AvgIpc) is 2.40. The number of nitrogens with zero attached hydrogens (tertiary/aromatic N) is 2. The Balaban J connectivity index is 2.12. The van der Waals surface area contributed by atoms with E-state index >= 15 is 0 Å². The van der Waals surface area contributed by atoms with Crippen LogP contribution in [0, 0.1) is 0 Å². The number of fused-ring (bicyclic) bond motifs is 12. The van der Waals surface area contributed by atoms with Crippen LogP contribution in [0.1, 0.15) is 60.8 Å². The summed E-state index contributed by atoms with van der Waals surface area (Å²) in [5, 5.41) is 5.16. The van der Waals surface area contributed by atoms with Gasteiger partial charge in [0.2, 0.25) is 0 Å². The molecule has 3 rings (SSSR count). The molecule has 3 aliphatic rings. The van der Waals surface area contributed by atoms with Crippen molar-refractivity contribution in [3.8, 4) is 0 Å². The highest BCUT2D eigenvalue weighted by Gasteiger charge is 2.34. The van der Waals surface area contributed by atoms with Crippen LogP contribution in [0.3, 0.4) is 0 Å². The van der Waals surface area contributed by atoms with Gasteiger partial charge in [-0.15, -0.1) is 0 Å². The van der Waals surface area contributed by atoms with E-state index in [1.54, 1.807) is 0 Å².